The molecule has 0 fully saturated rings. The molecular formula is C24H40N10O8. The van der Waals surface area contributed by atoms with Crippen LogP contribution in [0.2, 0.25) is 0 Å². The molecular weight excluding hydrogens is 556 g/mol. The Morgan fingerprint density at radius 3 is 2.21 bits per heavy atom. The number of aromatic nitrogens is 2. The number of rotatable bonds is 19. The minimum absolute atomic E-state index is 0.0887. The first kappa shape index (κ1) is 35.3. The second-order valence-electron chi connectivity index (χ2n) is 9.74. The number of aliphatic carboxylic acids is 2. The summed E-state index contributed by atoms with van der Waals surface area (Å²) in [7, 11) is 0. The van der Waals surface area contributed by atoms with Gasteiger partial charge in [0.2, 0.25) is 23.6 Å². The highest BCUT2D eigenvalue weighted by Crippen LogP contribution is 2.07. The number of carboxylic acid groups (broad SMARTS) is 2. The van der Waals surface area contributed by atoms with Crippen molar-refractivity contribution in [2.75, 3.05) is 13.1 Å². The molecule has 1 rings (SSSR count). The summed E-state index contributed by atoms with van der Waals surface area (Å²) in [6.45, 7) is 2.91. The normalized spacial score (nSPS) is 13.6. The summed E-state index contributed by atoms with van der Waals surface area (Å²) in [5.41, 5.74) is 16.9. The number of imidazole rings is 1. The molecule has 0 bridgehead atoms. The predicted molar refractivity (Wildman–Crippen MR) is 148 cm³/mol. The number of hydrogen-bond acceptors (Lipinski definition) is 9. The molecule has 0 saturated carbocycles. The van der Waals surface area contributed by atoms with Gasteiger partial charge in [-0.25, -0.2) is 9.78 Å². The van der Waals surface area contributed by atoms with Crippen LogP contribution >= 0.6 is 0 Å². The number of amides is 4. The molecule has 18 nitrogen and oxygen atoms in total. The van der Waals surface area contributed by atoms with E-state index in [9.17, 15) is 33.9 Å². The summed E-state index contributed by atoms with van der Waals surface area (Å²) in [5.74, 6) is -6.20. The molecule has 18 heteroatoms. The van der Waals surface area contributed by atoms with Crippen LogP contribution in [0.1, 0.15) is 45.2 Å². The van der Waals surface area contributed by atoms with E-state index < -0.39 is 78.6 Å². The van der Waals surface area contributed by atoms with Crippen molar-refractivity contribution in [2.45, 2.75) is 70.1 Å². The fourth-order valence-electron chi connectivity index (χ4n) is 3.60. The van der Waals surface area contributed by atoms with Crippen molar-refractivity contribution in [3.63, 3.8) is 0 Å². The maximum Gasteiger partial charge on any atom is 0.326 e. The van der Waals surface area contributed by atoms with Crippen molar-refractivity contribution in [3.05, 3.63) is 18.2 Å². The monoisotopic (exact) mass is 596 g/mol. The fraction of sp³-hybridized carbons (Fsp3) is 0.583. The molecule has 42 heavy (non-hydrogen) atoms. The Morgan fingerprint density at radius 1 is 0.976 bits per heavy atom. The van der Waals surface area contributed by atoms with Crippen molar-refractivity contribution in [2.24, 2.45) is 28.1 Å². The molecule has 0 aliphatic rings. The molecule has 0 unspecified atom stereocenters. The van der Waals surface area contributed by atoms with Gasteiger partial charge in [-0.05, 0) is 25.2 Å². The number of nitrogens with zero attached hydrogens (tertiary/aromatic N) is 2. The molecule has 4 amide bonds. The first-order valence-corrected chi connectivity index (χ1v) is 13.1. The Labute approximate surface area is 241 Å². The molecule has 0 aliphatic carbocycles. The van der Waals surface area contributed by atoms with Gasteiger partial charge in [0.05, 0.1) is 18.9 Å². The van der Waals surface area contributed by atoms with Crippen molar-refractivity contribution in [3.8, 4) is 0 Å². The number of guanidine groups is 1. The standard InChI is InChI=1S/C24H40N10O8/c1-12(2)19(34-20(38)14(25)4-3-7-29-24(26)27)22(40)33-15(5-6-18(36)37)21(39)30-10-17(35)32-16(23(41)42)8-13-9-28-11-31-13/h9,11-12,14-16,19H,3-8,10,25H2,1-2H3,(H,28,31)(H,30,39)(H,32,35)(H,33,40)(H,34,38)(H,36,37)(H,41,42)(H4,26,27,29)/t14-,15-,16-,19-/m0/s1. The van der Waals surface area contributed by atoms with Gasteiger partial charge in [-0.3, -0.25) is 29.0 Å². The second kappa shape index (κ2) is 17.8. The number of nitrogens with one attached hydrogen (secondary N) is 5. The maximum absolute atomic E-state index is 13.1. The lowest BCUT2D eigenvalue weighted by molar-refractivity contribution is -0.141. The van der Waals surface area contributed by atoms with Crippen LogP contribution in [0.4, 0.5) is 0 Å². The Morgan fingerprint density at radius 2 is 1.67 bits per heavy atom. The first-order valence-electron chi connectivity index (χ1n) is 13.1. The smallest absolute Gasteiger partial charge is 0.326 e. The zero-order valence-electron chi connectivity index (χ0n) is 23.5. The fourth-order valence-corrected chi connectivity index (χ4v) is 3.60. The largest absolute Gasteiger partial charge is 0.481 e. The van der Waals surface area contributed by atoms with E-state index in [0.29, 0.717) is 12.1 Å². The number of aromatic amines is 1. The molecule has 0 spiro atoms. The van der Waals surface area contributed by atoms with Gasteiger partial charge in [0.1, 0.15) is 18.1 Å². The zero-order valence-corrected chi connectivity index (χ0v) is 23.5. The third kappa shape index (κ3) is 13.6. The van der Waals surface area contributed by atoms with Gasteiger partial charge in [-0.15, -0.1) is 0 Å². The molecule has 0 radical (unpaired) electrons. The van der Waals surface area contributed by atoms with E-state index in [2.05, 4.69) is 36.2 Å². The third-order valence-electron chi connectivity index (χ3n) is 5.87. The molecule has 0 aliphatic heterocycles. The average molecular weight is 597 g/mol. The number of carboxylic acids is 2. The van der Waals surface area contributed by atoms with Gasteiger partial charge in [0, 0.05) is 31.3 Å². The zero-order chi connectivity index (χ0) is 31.8. The molecule has 1 aromatic rings. The topological polar surface area (TPSA) is 310 Å². The lowest BCUT2D eigenvalue weighted by Gasteiger charge is -2.26. The number of hydrogen-bond donors (Lipinski definition) is 10. The number of H-pyrrole nitrogens is 1. The van der Waals surface area contributed by atoms with Crippen molar-refractivity contribution in [1.29, 1.82) is 0 Å². The molecule has 234 valence electrons. The third-order valence-corrected chi connectivity index (χ3v) is 5.87. The maximum atomic E-state index is 13.1. The number of nitrogens with two attached hydrogens (primary N) is 3. The molecule has 1 heterocycles. The van der Waals surface area contributed by atoms with Crippen LogP contribution in [-0.4, -0.2) is 99.0 Å². The predicted octanol–water partition coefficient (Wildman–Crippen LogP) is -3.49. The summed E-state index contributed by atoms with van der Waals surface area (Å²) < 4.78 is 0. The quantitative estimate of drug-likeness (QED) is 0.0423. The average Bonchev–Trinajstić information content (AvgIpc) is 3.42. The van der Waals surface area contributed by atoms with E-state index in [1.807, 2.05) is 0 Å². The van der Waals surface area contributed by atoms with Crippen LogP contribution in [0.25, 0.3) is 0 Å². The Balaban J connectivity index is 2.81. The van der Waals surface area contributed by atoms with Crippen LogP contribution < -0.4 is 38.5 Å². The Kier molecular flexibility index (Phi) is 15.0. The van der Waals surface area contributed by atoms with Gasteiger partial charge < -0.3 is 53.7 Å². The van der Waals surface area contributed by atoms with Gasteiger partial charge in [-0.2, -0.15) is 0 Å². The highest BCUT2D eigenvalue weighted by molar-refractivity contribution is 5.94. The van der Waals surface area contributed by atoms with Crippen molar-refractivity contribution in [1.82, 2.24) is 31.2 Å². The summed E-state index contributed by atoms with van der Waals surface area (Å²) in [6.07, 6.45) is 2.48. The van der Waals surface area contributed by atoms with Gasteiger partial charge in [-0.1, -0.05) is 13.8 Å². The number of carbonyl (C=O) groups is 6. The van der Waals surface area contributed by atoms with E-state index in [-0.39, 0.29) is 31.8 Å². The Bertz CT molecular complexity index is 1100. The SMILES string of the molecule is CC(C)[C@H](NC(=O)[C@@H](N)CCCN=C(N)N)C(=O)N[C@@H](CCC(=O)O)C(=O)NCC(=O)N[C@@H](Cc1cnc[nH]1)C(=O)O. The minimum Gasteiger partial charge on any atom is -0.481 e. The molecule has 0 aromatic carbocycles. The van der Waals surface area contributed by atoms with Crippen LogP contribution in [-0.2, 0) is 35.2 Å². The van der Waals surface area contributed by atoms with Crippen molar-refractivity contribution >= 4 is 41.5 Å². The van der Waals surface area contributed by atoms with E-state index in [1.54, 1.807) is 13.8 Å². The first-order chi connectivity index (χ1) is 19.7. The number of carbonyl (C=O) groups excluding carboxylic acids is 4. The molecule has 4 atom stereocenters. The minimum atomic E-state index is -1.38. The van der Waals surface area contributed by atoms with Crippen LogP contribution in [0.3, 0.4) is 0 Å². The number of aliphatic imine (C=N–C) groups is 1. The molecule has 0 saturated heterocycles. The van der Waals surface area contributed by atoms with Gasteiger partial charge in [0.25, 0.3) is 0 Å². The van der Waals surface area contributed by atoms with Crippen LogP contribution in [0.5, 0.6) is 0 Å². The van der Waals surface area contributed by atoms with Crippen LogP contribution in [0.15, 0.2) is 17.5 Å². The second-order valence-corrected chi connectivity index (χ2v) is 9.74. The summed E-state index contributed by atoms with van der Waals surface area (Å²) in [6, 6.07) is -4.79. The lowest BCUT2D eigenvalue weighted by Crippen LogP contribution is -2.58. The van der Waals surface area contributed by atoms with Gasteiger partial charge >= 0.3 is 11.9 Å². The van der Waals surface area contributed by atoms with E-state index in [0.717, 1.165) is 0 Å². The lowest BCUT2D eigenvalue weighted by atomic mass is 10.0. The molecule has 1 aromatic heterocycles. The highest BCUT2D eigenvalue weighted by atomic mass is 16.4. The van der Waals surface area contributed by atoms with Crippen molar-refractivity contribution < 1.29 is 39.0 Å². The Hall–Kier alpha value is -4.74. The summed E-state index contributed by atoms with van der Waals surface area (Å²) in [4.78, 5) is 83.8. The van der Waals surface area contributed by atoms with E-state index >= 15 is 0 Å². The summed E-state index contributed by atoms with van der Waals surface area (Å²) >= 11 is 0. The van der Waals surface area contributed by atoms with E-state index in [1.165, 1.54) is 12.5 Å². The van der Waals surface area contributed by atoms with E-state index in [4.69, 9.17) is 22.3 Å². The highest BCUT2D eigenvalue weighted by Gasteiger charge is 2.30. The van der Waals surface area contributed by atoms with Gasteiger partial charge in [0.15, 0.2) is 5.96 Å². The molecule has 13 N–H and O–H groups in total. The summed E-state index contributed by atoms with van der Waals surface area (Å²) in [5, 5.41) is 28.0. The van der Waals surface area contributed by atoms with Crippen LogP contribution in [0, 0.1) is 5.92 Å².